The number of carbonyl (C=O) groups is 1. The van der Waals surface area contributed by atoms with E-state index in [4.69, 9.17) is 4.74 Å². The third-order valence-corrected chi connectivity index (χ3v) is 6.46. The molecule has 1 aliphatic heterocycles. The van der Waals surface area contributed by atoms with Gasteiger partial charge in [0.2, 0.25) is 0 Å². The van der Waals surface area contributed by atoms with E-state index in [0.717, 1.165) is 45.3 Å². The van der Waals surface area contributed by atoms with Gasteiger partial charge in [-0.1, -0.05) is 12.8 Å². The third kappa shape index (κ3) is 4.80. The van der Waals surface area contributed by atoms with Crippen LogP contribution >= 0.6 is 11.3 Å². The highest BCUT2D eigenvalue weighted by Crippen LogP contribution is 2.26. The van der Waals surface area contributed by atoms with Crippen LogP contribution in [-0.4, -0.2) is 54.1 Å². The average molecular weight is 403 g/mol. The molecule has 2 heterocycles. The van der Waals surface area contributed by atoms with E-state index < -0.39 is 0 Å². The Bertz CT molecular complexity index is 759. The predicted octanol–water partition coefficient (Wildman–Crippen LogP) is 4.17. The maximum atomic E-state index is 13.3. The Morgan fingerprint density at radius 1 is 1.21 bits per heavy atom. The van der Waals surface area contributed by atoms with Gasteiger partial charge in [0.05, 0.1) is 12.7 Å². The fourth-order valence-corrected chi connectivity index (χ4v) is 4.93. The highest BCUT2D eigenvalue weighted by molar-refractivity contribution is 7.07. The number of rotatable bonds is 6. The molecular weight excluding hydrogens is 375 g/mol. The molecule has 2 aliphatic rings. The molecule has 0 N–H and O–H groups in total. The molecule has 1 saturated heterocycles. The molecule has 150 valence electrons. The summed E-state index contributed by atoms with van der Waals surface area (Å²) in [5, 5.41) is 4.30. The number of hydrogen-bond donors (Lipinski definition) is 0. The molecule has 4 rings (SSSR count). The number of carbonyl (C=O) groups excluding carboxylic acids is 1. The van der Waals surface area contributed by atoms with E-state index in [1.165, 1.54) is 17.7 Å². The van der Waals surface area contributed by atoms with Crippen LogP contribution in [0.1, 0.15) is 41.6 Å². The summed E-state index contributed by atoms with van der Waals surface area (Å²) in [4.78, 5) is 17.6. The minimum Gasteiger partial charge on any atom is -0.374 e. The normalized spacial score (nSPS) is 21.1. The number of halogens is 1. The van der Waals surface area contributed by atoms with Gasteiger partial charge in [0.15, 0.2) is 0 Å². The molecule has 1 atom stereocenters. The van der Waals surface area contributed by atoms with E-state index in [2.05, 4.69) is 21.7 Å². The van der Waals surface area contributed by atoms with Gasteiger partial charge in [0.1, 0.15) is 5.82 Å². The molecule has 0 radical (unpaired) electrons. The second kappa shape index (κ2) is 9.16. The summed E-state index contributed by atoms with van der Waals surface area (Å²) in [6.45, 7) is 3.97. The zero-order valence-electron chi connectivity index (χ0n) is 16.1. The molecule has 2 fully saturated rings. The van der Waals surface area contributed by atoms with Gasteiger partial charge in [0.25, 0.3) is 5.91 Å². The molecular formula is C22H27FN2O2S. The number of benzene rings is 1. The smallest absolute Gasteiger partial charge is 0.254 e. The van der Waals surface area contributed by atoms with Crippen molar-refractivity contribution in [2.45, 2.75) is 44.4 Å². The van der Waals surface area contributed by atoms with Gasteiger partial charge in [-0.2, -0.15) is 11.3 Å². The fourth-order valence-electron chi connectivity index (χ4n) is 4.27. The molecule has 0 bridgehead atoms. The van der Waals surface area contributed by atoms with Gasteiger partial charge in [-0.25, -0.2) is 4.39 Å². The molecule has 1 amide bonds. The molecule has 2 aromatic rings. The largest absolute Gasteiger partial charge is 0.374 e. The van der Waals surface area contributed by atoms with Crippen LogP contribution in [0, 0.1) is 5.82 Å². The second-order valence-corrected chi connectivity index (χ2v) is 8.54. The van der Waals surface area contributed by atoms with Gasteiger partial charge in [-0.05, 0) is 59.5 Å². The first-order chi connectivity index (χ1) is 13.7. The Morgan fingerprint density at radius 3 is 2.71 bits per heavy atom. The Labute approximate surface area is 169 Å². The molecule has 0 spiro atoms. The van der Waals surface area contributed by atoms with Crippen LogP contribution in [0.15, 0.2) is 41.1 Å². The van der Waals surface area contributed by atoms with Gasteiger partial charge >= 0.3 is 0 Å². The number of hydrogen-bond acceptors (Lipinski definition) is 4. The Kier molecular flexibility index (Phi) is 6.40. The Morgan fingerprint density at radius 2 is 2.00 bits per heavy atom. The van der Waals surface area contributed by atoms with Crippen molar-refractivity contribution in [3.63, 3.8) is 0 Å². The van der Waals surface area contributed by atoms with Crippen LogP contribution in [0.5, 0.6) is 0 Å². The first-order valence-corrected chi connectivity index (χ1v) is 11.0. The highest BCUT2D eigenvalue weighted by Gasteiger charge is 2.31. The van der Waals surface area contributed by atoms with Crippen LogP contribution in [0.4, 0.5) is 4.39 Å². The fraction of sp³-hybridized carbons (Fsp3) is 0.500. The standard InChI is InChI=1S/C22H27FN2O2S/c23-19-7-5-18(6-8-19)22(26)25(20-3-1-2-4-20)15-21-14-24(10-11-27-21)13-17-9-12-28-16-17/h5-9,12,16,20-21H,1-4,10-11,13-15H2/t21-/m1/s1. The first kappa shape index (κ1) is 19.6. The van der Waals surface area contributed by atoms with Crippen LogP contribution in [0.3, 0.4) is 0 Å². The maximum absolute atomic E-state index is 13.3. The highest BCUT2D eigenvalue weighted by atomic mass is 32.1. The van der Waals surface area contributed by atoms with Crippen LogP contribution in [0.25, 0.3) is 0 Å². The third-order valence-electron chi connectivity index (χ3n) is 5.73. The molecule has 4 nitrogen and oxygen atoms in total. The molecule has 1 aromatic heterocycles. The number of ether oxygens (including phenoxy) is 1. The quantitative estimate of drug-likeness (QED) is 0.727. The number of nitrogens with zero attached hydrogens (tertiary/aromatic N) is 2. The van der Waals surface area contributed by atoms with Crippen molar-refractivity contribution in [2.24, 2.45) is 0 Å². The van der Waals surface area contributed by atoms with Crippen molar-refractivity contribution >= 4 is 17.2 Å². The number of thiophene rings is 1. The summed E-state index contributed by atoms with van der Waals surface area (Å²) in [5.74, 6) is -0.325. The van der Waals surface area contributed by atoms with Gasteiger partial charge in [0, 0.05) is 37.8 Å². The van der Waals surface area contributed by atoms with Crippen LogP contribution in [0.2, 0.25) is 0 Å². The SMILES string of the molecule is O=C(c1ccc(F)cc1)N(C[C@H]1CN(Cc2ccsc2)CCO1)C1CCCC1. The lowest BCUT2D eigenvalue weighted by atomic mass is 10.1. The first-order valence-electron chi connectivity index (χ1n) is 10.1. The Balaban J connectivity index is 1.44. The van der Waals surface area contributed by atoms with Crippen LogP contribution in [-0.2, 0) is 11.3 Å². The summed E-state index contributed by atoms with van der Waals surface area (Å²) >= 11 is 1.72. The molecule has 1 aromatic carbocycles. The molecule has 1 saturated carbocycles. The lowest BCUT2D eigenvalue weighted by molar-refractivity contribution is -0.0468. The minimum atomic E-state index is -0.316. The summed E-state index contributed by atoms with van der Waals surface area (Å²) in [6.07, 6.45) is 4.41. The van der Waals surface area contributed by atoms with Crippen molar-refractivity contribution < 1.29 is 13.9 Å². The molecule has 0 unspecified atom stereocenters. The zero-order valence-corrected chi connectivity index (χ0v) is 16.9. The number of morpholine rings is 1. The summed E-state index contributed by atoms with van der Waals surface area (Å²) in [5.41, 5.74) is 1.89. The van der Waals surface area contributed by atoms with E-state index in [9.17, 15) is 9.18 Å². The zero-order chi connectivity index (χ0) is 19.3. The summed E-state index contributed by atoms with van der Waals surface area (Å²) in [6, 6.07) is 8.32. The predicted molar refractivity (Wildman–Crippen MR) is 109 cm³/mol. The van der Waals surface area contributed by atoms with Crippen molar-refractivity contribution in [1.29, 1.82) is 0 Å². The maximum Gasteiger partial charge on any atom is 0.254 e. The average Bonchev–Trinajstić information content (AvgIpc) is 3.41. The second-order valence-electron chi connectivity index (χ2n) is 7.76. The van der Waals surface area contributed by atoms with Crippen molar-refractivity contribution in [3.8, 4) is 0 Å². The van der Waals surface area contributed by atoms with E-state index in [-0.39, 0.29) is 23.9 Å². The van der Waals surface area contributed by atoms with Gasteiger partial charge < -0.3 is 9.64 Å². The molecule has 1 aliphatic carbocycles. The summed E-state index contributed by atoms with van der Waals surface area (Å²) in [7, 11) is 0. The molecule has 6 heteroatoms. The Hall–Kier alpha value is -1.76. The van der Waals surface area contributed by atoms with Crippen molar-refractivity contribution in [2.75, 3.05) is 26.2 Å². The van der Waals surface area contributed by atoms with E-state index >= 15 is 0 Å². The van der Waals surface area contributed by atoms with Crippen molar-refractivity contribution in [1.82, 2.24) is 9.80 Å². The van der Waals surface area contributed by atoms with Crippen LogP contribution < -0.4 is 0 Å². The van der Waals surface area contributed by atoms with Crippen molar-refractivity contribution in [3.05, 3.63) is 58.0 Å². The lowest BCUT2D eigenvalue weighted by Crippen LogP contribution is -2.50. The minimum absolute atomic E-state index is 0.00884. The number of amides is 1. The lowest BCUT2D eigenvalue weighted by Gasteiger charge is -2.37. The summed E-state index contributed by atoms with van der Waals surface area (Å²) < 4.78 is 19.3. The van der Waals surface area contributed by atoms with Gasteiger partial charge in [-0.3, -0.25) is 9.69 Å². The van der Waals surface area contributed by atoms with E-state index in [1.807, 2.05) is 4.90 Å². The topological polar surface area (TPSA) is 32.8 Å². The van der Waals surface area contributed by atoms with Gasteiger partial charge in [-0.15, -0.1) is 0 Å². The molecule has 28 heavy (non-hydrogen) atoms. The van der Waals surface area contributed by atoms with E-state index in [1.54, 1.807) is 23.5 Å². The van der Waals surface area contributed by atoms with E-state index in [0.29, 0.717) is 18.7 Å². The monoisotopic (exact) mass is 402 g/mol.